The monoisotopic (exact) mass is 386 g/mol. The fraction of sp³-hybridized carbons (Fsp3) is 0.222. The van der Waals surface area contributed by atoms with Crippen LogP contribution in [0.1, 0.15) is 18.9 Å². The van der Waals surface area contributed by atoms with E-state index >= 15 is 0 Å². The van der Waals surface area contributed by atoms with Crippen LogP contribution in [0.3, 0.4) is 0 Å². The number of halogens is 1. The Morgan fingerprint density at radius 1 is 1.27 bits per heavy atom. The normalized spacial score (nSPS) is 13.7. The highest BCUT2D eigenvalue weighted by molar-refractivity contribution is 7.99. The molecule has 1 N–H and O–H groups in total. The lowest BCUT2D eigenvalue weighted by Crippen LogP contribution is -2.23. The molecule has 1 saturated carbocycles. The van der Waals surface area contributed by atoms with Crippen molar-refractivity contribution in [1.29, 1.82) is 0 Å². The maximum absolute atomic E-state index is 12.8. The van der Waals surface area contributed by atoms with E-state index in [0.29, 0.717) is 21.7 Å². The van der Waals surface area contributed by atoms with Gasteiger partial charge in [-0.05, 0) is 37.1 Å². The van der Waals surface area contributed by atoms with Crippen LogP contribution < -0.4 is 10.9 Å². The molecule has 0 atom stereocenters. The Morgan fingerprint density at radius 2 is 2.08 bits per heavy atom. The van der Waals surface area contributed by atoms with Gasteiger partial charge in [0.15, 0.2) is 10.3 Å². The maximum atomic E-state index is 12.8. The number of carbonyl (C=O) groups excluding carboxylic acids is 1. The molecule has 0 radical (unpaired) electrons. The highest BCUT2D eigenvalue weighted by Crippen LogP contribution is 2.36. The Labute approximate surface area is 158 Å². The van der Waals surface area contributed by atoms with Crippen molar-refractivity contribution in [3.8, 4) is 0 Å². The molecule has 1 amide bonds. The van der Waals surface area contributed by atoms with Gasteiger partial charge in [-0.2, -0.15) is 0 Å². The Bertz CT molecular complexity index is 1050. The van der Waals surface area contributed by atoms with Gasteiger partial charge in [0, 0.05) is 12.2 Å². The number of nitrogens with zero attached hydrogens (tertiary/aromatic N) is 3. The second-order valence-electron chi connectivity index (χ2n) is 6.00. The van der Waals surface area contributed by atoms with Crippen molar-refractivity contribution in [1.82, 2.24) is 14.5 Å². The standard InChI is InChI=1S/C18H15ClN4O2S/c19-16-14(6-3-9-20-16)21-15(24)10-26-18-22-13-5-2-1-4-12(13)17(25)23(18)11-7-8-11/h1-6,9,11H,7-8,10H2,(H,21,24). The quantitative estimate of drug-likeness (QED) is 0.412. The predicted octanol–water partition coefficient (Wildman–Crippen LogP) is 3.51. The van der Waals surface area contributed by atoms with E-state index in [-0.39, 0.29) is 28.4 Å². The SMILES string of the molecule is O=C(CSc1nc2ccccc2c(=O)n1C1CC1)Nc1cccnc1Cl. The molecule has 1 fully saturated rings. The minimum atomic E-state index is -0.227. The van der Waals surface area contributed by atoms with Crippen molar-refractivity contribution < 1.29 is 4.79 Å². The number of para-hydroxylation sites is 1. The van der Waals surface area contributed by atoms with Gasteiger partial charge in [0.05, 0.1) is 22.3 Å². The van der Waals surface area contributed by atoms with Crippen LogP contribution >= 0.6 is 23.4 Å². The molecule has 1 aromatic carbocycles. The van der Waals surface area contributed by atoms with Crippen LogP contribution in [0.2, 0.25) is 5.15 Å². The lowest BCUT2D eigenvalue weighted by Gasteiger charge is -2.12. The van der Waals surface area contributed by atoms with Crippen LogP contribution in [0.15, 0.2) is 52.5 Å². The number of nitrogens with one attached hydrogen (secondary N) is 1. The zero-order valence-corrected chi connectivity index (χ0v) is 15.3. The van der Waals surface area contributed by atoms with E-state index in [1.807, 2.05) is 18.2 Å². The van der Waals surface area contributed by atoms with Crippen molar-refractivity contribution in [2.75, 3.05) is 11.1 Å². The van der Waals surface area contributed by atoms with Gasteiger partial charge >= 0.3 is 0 Å². The largest absolute Gasteiger partial charge is 0.323 e. The van der Waals surface area contributed by atoms with E-state index in [0.717, 1.165) is 12.8 Å². The summed E-state index contributed by atoms with van der Waals surface area (Å²) in [6.07, 6.45) is 3.48. The third kappa shape index (κ3) is 3.45. The van der Waals surface area contributed by atoms with Gasteiger partial charge in [-0.3, -0.25) is 14.2 Å². The number of anilines is 1. The summed E-state index contributed by atoms with van der Waals surface area (Å²) in [7, 11) is 0. The minimum absolute atomic E-state index is 0.0451. The summed E-state index contributed by atoms with van der Waals surface area (Å²) in [6, 6.07) is 10.8. The van der Waals surface area contributed by atoms with Crippen LogP contribution in [0, 0.1) is 0 Å². The first kappa shape index (κ1) is 17.1. The molecule has 0 aliphatic heterocycles. The molecule has 0 saturated heterocycles. The number of aromatic nitrogens is 3. The Hall–Kier alpha value is -2.38. The number of benzene rings is 1. The van der Waals surface area contributed by atoms with Gasteiger partial charge in [-0.15, -0.1) is 0 Å². The van der Waals surface area contributed by atoms with Crippen molar-refractivity contribution in [3.05, 3.63) is 58.1 Å². The summed E-state index contributed by atoms with van der Waals surface area (Å²) in [5.74, 6) is -0.0995. The number of rotatable bonds is 5. The number of fused-ring (bicyclic) bond motifs is 1. The fourth-order valence-electron chi connectivity index (χ4n) is 2.68. The summed E-state index contributed by atoms with van der Waals surface area (Å²) in [4.78, 5) is 33.6. The lowest BCUT2D eigenvalue weighted by molar-refractivity contribution is -0.113. The highest BCUT2D eigenvalue weighted by atomic mass is 35.5. The smallest absolute Gasteiger partial charge is 0.262 e. The molecule has 0 spiro atoms. The first-order valence-corrected chi connectivity index (χ1v) is 9.54. The average molecular weight is 387 g/mol. The second-order valence-corrected chi connectivity index (χ2v) is 7.30. The Morgan fingerprint density at radius 3 is 2.85 bits per heavy atom. The molecule has 1 aliphatic carbocycles. The zero-order chi connectivity index (χ0) is 18.1. The van der Waals surface area contributed by atoms with Gasteiger partial charge in [0.25, 0.3) is 5.56 Å². The summed E-state index contributed by atoms with van der Waals surface area (Å²) < 4.78 is 1.72. The molecule has 1 aliphatic rings. The second kappa shape index (κ2) is 7.09. The molecule has 8 heteroatoms. The van der Waals surface area contributed by atoms with Crippen molar-refractivity contribution >= 4 is 45.9 Å². The molecule has 26 heavy (non-hydrogen) atoms. The van der Waals surface area contributed by atoms with Crippen LogP contribution in [-0.2, 0) is 4.79 Å². The van der Waals surface area contributed by atoms with Gasteiger partial charge in [0.2, 0.25) is 5.91 Å². The zero-order valence-electron chi connectivity index (χ0n) is 13.7. The molecule has 132 valence electrons. The van der Waals surface area contributed by atoms with Crippen molar-refractivity contribution in [3.63, 3.8) is 0 Å². The number of thioether (sulfide) groups is 1. The van der Waals surface area contributed by atoms with E-state index in [1.165, 1.54) is 11.8 Å². The summed E-state index contributed by atoms with van der Waals surface area (Å²) in [6.45, 7) is 0. The maximum Gasteiger partial charge on any atom is 0.262 e. The van der Waals surface area contributed by atoms with E-state index in [9.17, 15) is 9.59 Å². The predicted molar refractivity (Wildman–Crippen MR) is 103 cm³/mol. The van der Waals surface area contributed by atoms with Gasteiger partial charge in [-0.1, -0.05) is 35.5 Å². The molecular weight excluding hydrogens is 372 g/mol. The molecule has 2 heterocycles. The fourth-order valence-corrected chi connectivity index (χ4v) is 3.71. The Balaban J connectivity index is 1.57. The van der Waals surface area contributed by atoms with Gasteiger partial charge < -0.3 is 5.32 Å². The summed E-state index contributed by atoms with van der Waals surface area (Å²) in [5, 5.41) is 4.15. The van der Waals surface area contributed by atoms with E-state index in [1.54, 1.807) is 29.0 Å². The number of carbonyl (C=O) groups is 1. The van der Waals surface area contributed by atoms with Crippen molar-refractivity contribution in [2.24, 2.45) is 0 Å². The van der Waals surface area contributed by atoms with Crippen LogP contribution in [0.4, 0.5) is 5.69 Å². The highest BCUT2D eigenvalue weighted by Gasteiger charge is 2.28. The molecule has 0 bridgehead atoms. The van der Waals surface area contributed by atoms with Crippen LogP contribution in [0.5, 0.6) is 0 Å². The first-order chi connectivity index (χ1) is 12.6. The van der Waals surface area contributed by atoms with E-state index in [2.05, 4.69) is 15.3 Å². The average Bonchev–Trinajstić information content (AvgIpc) is 3.47. The summed E-state index contributed by atoms with van der Waals surface area (Å²) in [5.41, 5.74) is 1.06. The molecule has 6 nitrogen and oxygen atoms in total. The third-order valence-electron chi connectivity index (χ3n) is 4.05. The number of pyridine rings is 1. The van der Waals surface area contributed by atoms with Gasteiger partial charge in [0.1, 0.15) is 0 Å². The van der Waals surface area contributed by atoms with Gasteiger partial charge in [-0.25, -0.2) is 9.97 Å². The molecule has 0 unspecified atom stereocenters. The minimum Gasteiger partial charge on any atom is -0.323 e. The molecule has 4 rings (SSSR count). The third-order valence-corrected chi connectivity index (χ3v) is 5.31. The first-order valence-electron chi connectivity index (χ1n) is 8.18. The van der Waals surface area contributed by atoms with Crippen molar-refractivity contribution in [2.45, 2.75) is 24.0 Å². The topological polar surface area (TPSA) is 76.9 Å². The Kier molecular flexibility index (Phi) is 4.65. The number of hydrogen-bond acceptors (Lipinski definition) is 5. The van der Waals surface area contributed by atoms with Crippen LogP contribution in [0.25, 0.3) is 10.9 Å². The lowest BCUT2D eigenvalue weighted by atomic mass is 10.2. The number of amides is 1. The van der Waals surface area contributed by atoms with Crippen LogP contribution in [-0.4, -0.2) is 26.2 Å². The van der Waals surface area contributed by atoms with E-state index in [4.69, 9.17) is 11.6 Å². The molecule has 3 aromatic rings. The molecule has 2 aromatic heterocycles. The number of hydrogen-bond donors (Lipinski definition) is 1. The summed E-state index contributed by atoms with van der Waals surface area (Å²) >= 11 is 7.21. The van der Waals surface area contributed by atoms with E-state index < -0.39 is 0 Å². The molecular formula is C18H15ClN4O2S.